The molecule has 0 saturated heterocycles. The molecule has 0 unspecified atom stereocenters. The molecule has 4 rings (SSSR count). The van der Waals surface area contributed by atoms with E-state index in [1.807, 2.05) is 50.4 Å². The van der Waals surface area contributed by atoms with Gasteiger partial charge in [-0.2, -0.15) is 5.10 Å². The van der Waals surface area contributed by atoms with Gasteiger partial charge in [0.1, 0.15) is 0 Å². The van der Waals surface area contributed by atoms with Crippen LogP contribution < -0.4 is 5.32 Å². The lowest BCUT2D eigenvalue weighted by molar-refractivity contribution is -0.139. The van der Waals surface area contributed by atoms with Crippen LogP contribution >= 0.6 is 0 Å². The summed E-state index contributed by atoms with van der Waals surface area (Å²) in [5.41, 5.74) is 4.29. The van der Waals surface area contributed by atoms with E-state index >= 15 is 0 Å². The van der Waals surface area contributed by atoms with Crippen LogP contribution in [0.5, 0.6) is 0 Å². The molecule has 2 aliphatic heterocycles. The lowest BCUT2D eigenvalue weighted by Gasteiger charge is -2.32. The number of carbonyl (C=O) groups excluding carboxylic acids is 2. The minimum absolute atomic E-state index is 0.0157. The third-order valence-corrected chi connectivity index (χ3v) is 5.24. The van der Waals surface area contributed by atoms with Crippen LogP contribution in [0.3, 0.4) is 0 Å². The Hall–Kier alpha value is -3.22. The van der Waals surface area contributed by atoms with Crippen molar-refractivity contribution in [3.05, 3.63) is 59.4 Å². The van der Waals surface area contributed by atoms with Gasteiger partial charge < -0.3 is 10.2 Å². The summed E-state index contributed by atoms with van der Waals surface area (Å²) in [4.78, 5) is 30.6. The van der Waals surface area contributed by atoms with Crippen LogP contribution in [0.1, 0.15) is 37.0 Å². The highest BCUT2D eigenvalue weighted by Crippen LogP contribution is 2.30. The van der Waals surface area contributed by atoms with Crippen molar-refractivity contribution >= 4 is 23.3 Å². The van der Waals surface area contributed by atoms with Crippen molar-refractivity contribution in [3.8, 4) is 0 Å². The first-order valence-electron chi connectivity index (χ1n) is 9.27. The first kappa shape index (κ1) is 18.2. The van der Waals surface area contributed by atoms with Gasteiger partial charge in [-0.15, -0.1) is 0 Å². The second-order valence-corrected chi connectivity index (χ2v) is 7.94. The van der Waals surface area contributed by atoms with Crippen LogP contribution in [-0.2, 0) is 17.9 Å². The van der Waals surface area contributed by atoms with Gasteiger partial charge in [-0.3, -0.25) is 9.78 Å². The van der Waals surface area contributed by atoms with Crippen molar-refractivity contribution in [3.63, 3.8) is 0 Å². The predicted octanol–water partition coefficient (Wildman–Crippen LogP) is 3.22. The molecular formula is C21H23N5O2. The lowest BCUT2D eigenvalue weighted by atomic mass is 9.83. The van der Waals surface area contributed by atoms with Crippen LogP contribution in [0.25, 0.3) is 0 Å². The van der Waals surface area contributed by atoms with Gasteiger partial charge in [0.25, 0.3) is 0 Å². The van der Waals surface area contributed by atoms with E-state index in [-0.39, 0.29) is 11.9 Å². The Labute approximate surface area is 164 Å². The minimum atomic E-state index is -0.474. The summed E-state index contributed by atoms with van der Waals surface area (Å²) < 4.78 is 0. The zero-order valence-electron chi connectivity index (χ0n) is 16.3. The van der Waals surface area contributed by atoms with Crippen molar-refractivity contribution in [1.82, 2.24) is 14.9 Å². The maximum atomic E-state index is 12.6. The Morgan fingerprint density at radius 3 is 2.50 bits per heavy atom. The van der Waals surface area contributed by atoms with Crippen LogP contribution in [0, 0.1) is 5.41 Å². The van der Waals surface area contributed by atoms with E-state index in [4.69, 9.17) is 0 Å². The second-order valence-electron chi connectivity index (χ2n) is 7.94. The molecule has 28 heavy (non-hydrogen) atoms. The number of aromatic nitrogens is 1. The van der Waals surface area contributed by atoms with E-state index < -0.39 is 5.41 Å². The quantitative estimate of drug-likeness (QED) is 0.873. The van der Waals surface area contributed by atoms with Crippen molar-refractivity contribution in [2.45, 2.75) is 33.4 Å². The number of nitrogens with zero attached hydrogens (tertiary/aromatic N) is 4. The molecule has 0 aliphatic carbocycles. The number of rotatable bonds is 2. The molecule has 1 aromatic heterocycles. The average molecular weight is 377 g/mol. The minimum Gasteiger partial charge on any atom is -0.316 e. The smallest absolute Gasteiger partial charge is 0.316 e. The van der Waals surface area contributed by atoms with Crippen LogP contribution in [-0.4, -0.2) is 39.6 Å². The van der Waals surface area contributed by atoms with E-state index in [2.05, 4.69) is 15.4 Å². The van der Waals surface area contributed by atoms with Crippen molar-refractivity contribution in [2.24, 2.45) is 10.5 Å². The van der Waals surface area contributed by atoms with Gasteiger partial charge in [-0.05, 0) is 34.9 Å². The van der Waals surface area contributed by atoms with Gasteiger partial charge >= 0.3 is 6.03 Å². The first-order chi connectivity index (χ1) is 13.3. The number of hydrogen-bond acceptors (Lipinski definition) is 4. The highest BCUT2D eigenvalue weighted by Gasteiger charge is 2.36. The van der Waals surface area contributed by atoms with E-state index in [0.717, 1.165) is 28.1 Å². The van der Waals surface area contributed by atoms with Crippen LogP contribution in [0.4, 0.5) is 10.5 Å². The molecule has 1 aromatic carbocycles. The molecular weight excluding hydrogens is 354 g/mol. The summed E-state index contributed by atoms with van der Waals surface area (Å²) in [6, 6.07) is 9.40. The largest absolute Gasteiger partial charge is 0.322 e. The molecule has 3 heterocycles. The molecule has 2 aromatic rings. The fraction of sp³-hybridized carbons (Fsp3) is 0.333. The second kappa shape index (κ2) is 6.74. The number of amides is 3. The molecule has 0 fully saturated rings. The molecule has 144 valence electrons. The van der Waals surface area contributed by atoms with Gasteiger partial charge in [0.15, 0.2) is 0 Å². The standard InChI is InChI=1S/C21H23N5O2/c1-21(2)10-18(24-25(3)19(21)27)14-4-6-17(7-5-14)23-20(28)26-12-15-8-9-22-11-16(15)13-26/h4-9,11H,10,12-13H2,1-3H3,(H,23,28). The van der Waals surface area contributed by atoms with Crippen LogP contribution in [0.15, 0.2) is 47.8 Å². The number of pyridine rings is 1. The number of urea groups is 1. The first-order valence-corrected chi connectivity index (χ1v) is 9.27. The normalized spacial score (nSPS) is 18.0. The molecule has 0 spiro atoms. The van der Waals surface area contributed by atoms with E-state index in [0.29, 0.717) is 19.5 Å². The molecule has 2 aliphatic rings. The van der Waals surface area contributed by atoms with E-state index in [1.54, 1.807) is 18.1 Å². The average Bonchev–Trinajstić information content (AvgIpc) is 3.11. The Balaban J connectivity index is 1.44. The summed E-state index contributed by atoms with van der Waals surface area (Å²) in [5, 5.41) is 8.76. The summed E-state index contributed by atoms with van der Waals surface area (Å²) in [6.45, 7) is 5.02. The molecule has 0 atom stereocenters. The molecule has 1 N–H and O–H groups in total. The number of nitrogens with one attached hydrogen (secondary N) is 1. The predicted molar refractivity (Wildman–Crippen MR) is 107 cm³/mol. The Morgan fingerprint density at radius 2 is 1.82 bits per heavy atom. The maximum absolute atomic E-state index is 12.6. The van der Waals surface area contributed by atoms with Crippen LogP contribution in [0.2, 0.25) is 0 Å². The number of benzene rings is 1. The highest BCUT2D eigenvalue weighted by atomic mass is 16.2. The zero-order chi connectivity index (χ0) is 19.9. The molecule has 0 saturated carbocycles. The highest BCUT2D eigenvalue weighted by molar-refractivity contribution is 6.06. The topological polar surface area (TPSA) is 77.9 Å². The number of hydrazone groups is 1. The third kappa shape index (κ3) is 3.35. The lowest BCUT2D eigenvalue weighted by Crippen LogP contribution is -2.42. The number of anilines is 1. The molecule has 7 heteroatoms. The Kier molecular flexibility index (Phi) is 4.37. The van der Waals surface area contributed by atoms with Gasteiger partial charge in [0.05, 0.1) is 11.1 Å². The van der Waals surface area contributed by atoms with E-state index in [1.165, 1.54) is 5.01 Å². The monoisotopic (exact) mass is 377 g/mol. The third-order valence-electron chi connectivity index (χ3n) is 5.24. The SMILES string of the molecule is CN1N=C(c2ccc(NC(=O)N3Cc4ccncc4C3)cc2)CC(C)(C)C1=O. The zero-order valence-corrected chi connectivity index (χ0v) is 16.3. The van der Waals surface area contributed by atoms with Crippen molar-refractivity contribution < 1.29 is 9.59 Å². The molecule has 3 amide bonds. The molecule has 0 bridgehead atoms. The fourth-order valence-corrected chi connectivity index (χ4v) is 3.67. The fourth-order valence-electron chi connectivity index (χ4n) is 3.67. The van der Waals surface area contributed by atoms with Gasteiger partial charge in [0.2, 0.25) is 5.91 Å². The number of carbonyl (C=O) groups is 2. The summed E-state index contributed by atoms with van der Waals surface area (Å²) >= 11 is 0. The molecule has 0 radical (unpaired) electrons. The van der Waals surface area contributed by atoms with Gasteiger partial charge in [-0.1, -0.05) is 26.0 Å². The van der Waals surface area contributed by atoms with Crippen molar-refractivity contribution in [2.75, 3.05) is 12.4 Å². The van der Waals surface area contributed by atoms with Gasteiger partial charge in [-0.25, -0.2) is 9.80 Å². The Morgan fingerprint density at radius 1 is 1.11 bits per heavy atom. The summed E-state index contributed by atoms with van der Waals surface area (Å²) in [7, 11) is 1.68. The molecule has 7 nitrogen and oxygen atoms in total. The summed E-state index contributed by atoms with van der Waals surface area (Å²) in [6.07, 6.45) is 4.15. The van der Waals surface area contributed by atoms with Crippen molar-refractivity contribution in [1.29, 1.82) is 0 Å². The number of fused-ring (bicyclic) bond motifs is 1. The number of hydrogen-bond donors (Lipinski definition) is 1. The summed E-state index contributed by atoms with van der Waals surface area (Å²) in [5.74, 6) is 0.0157. The Bertz CT molecular complexity index is 940. The van der Waals surface area contributed by atoms with E-state index in [9.17, 15) is 9.59 Å². The van der Waals surface area contributed by atoms with Gasteiger partial charge in [0, 0.05) is 44.6 Å². The maximum Gasteiger partial charge on any atom is 0.322 e.